The van der Waals surface area contributed by atoms with Crippen LogP contribution in [-0.2, 0) is 12.8 Å². The molecule has 1 rings (SSSR count). The van der Waals surface area contributed by atoms with Crippen molar-refractivity contribution >= 4 is 0 Å². The predicted molar refractivity (Wildman–Crippen MR) is 51.4 cm³/mol. The van der Waals surface area contributed by atoms with Crippen LogP contribution in [0, 0.1) is 0 Å². The van der Waals surface area contributed by atoms with Crippen LogP contribution in [-0.4, -0.2) is 47.3 Å². The van der Waals surface area contributed by atoms with Crippen molar-refractivity contribution in [1.82, 2.24) is 20.1 Å². The second-order valence-electron chi connectivity index (χ2n) is 3.29. The van der Waals surface area contributed by atoms with Crippen LogP contribution in [0.1, 0.15) is 11.6 Å². The van der Waals surface area contributed by atoms with E-state index in [1.165, 1.54) is 0 Å². The number of H-pyrrole nitrogens is 1. The van der Waals surface area contributed by atoms with Gasteiger partial charge in [-0.3, -0.25) is 5.10 Å². The summed E-state index contributed by atoms with van der Waals surface area (Å²) in [6.07, 6.45) is 1.66. The van der Waals surface area contributed by atoms with E-state index in [0.717, 1.165) is 31.0 Å². The molecule has 1 aromatic heterocycles. The van der Waals surface area contributed by atoms with Gasteiger partial charge in [-0.2, -0.15) is 5.10 Å². The highest BCUT2D eigenvalue weighted by atomic mass is 15.2. The van der Waals surface area contributed by atoms with E-state index in [0.29, 0.717) is 6.54 Å². The van der Waals surface area contributed by atoms with Gasteiger partial charge in [0.25, 0.3) is 0 Å². The molecule has 0 aliphatic rings. The summed E-state index contributed by atoms with van der Waals surface area (Å²) in [6, 6.07) is 0. The van der Waals surface area contributed by atoms with Gasteiger partial charge in [-0.15, -0.1) is 0 Å². The average molecular weight is 183 g/mol. The number of nitrogens with one attached hydrogen (secondary N) is 1. The molecule has 1 heterocycles. The molecule has 3 N–H and O–H groups in total. The Hall–Kier alpha value is -0.940. The highest BCUT2D eigenvalue weighted by Crippen LogP contribution is 1.94. The van der Waals surface area contributed by atoms with Crippen molar-refractivity contribution in [3.63, 3.8) is 0 Å². The van der Waals surface area contributed by atoms with Crippen molar-refractivity contribution in [3.05, 3.63) is 11.6 Å². The highest BCUT2D eigenvalue weighted by Gasteiger charge is 2.02. The largest absolute Gasteiger partial charge is 0.330 e. The van der Waals surface area contributed by atoms with Crippen LogP contribution < -0.4 is 5.73 Å². The average Bonchev–Trinajstić information content (AvgIpc) is 2.50. The van der Waals surface area contributed by atoms with E-state index >= 15 is 0 Å². The fraction of sp³-hybridized carbons (Fsp3) is 0.750. The molecule has 5 nitrogen and oxygen atoms in total. The van der Waals surface area contributed by atoms with Crippen LogP contribution in [0.15, 0.2) is 0 Å². The number of aromatic nitrogens is 3. The molecule has 0 atom stereocenters. The summed E-state index contributed by atoms with van der Waals surface area (Å²) in [4.78, 5) is 6.41. The fourth-order valence-corrected chi connectivity index (χ4v) is 1.02. The van der Waals surface area contributed by atoms with Crippen LogP contribution in [0.2, 0.25) is 0 Å². The Kier molecular flexibility index (Phi) is 3.85. The van der Waals surface area contributed by atoms with E-state index in [9.17, 15) is 0 Å². The summed E-state index contributed by atoms with van der Waals surface area (Å²) in [5.74, 6) is 1.76. The topological polar surface area (TPSA) is 70.8 Å². The Morgan fingerprint density at radius 3 is 2.77 bits per heavy atom. The van der Waals surface area contributed by atoms with E-state index < -0.39 is 0 Å². The summed E-state index contributed by atoms with van der Waals surface area (Å²) in [5.41, 5.74) is 5.40. The Bertz CT molecular complexity index is 242. The van der Waals surface area contributed by atoms with E-state index in [1.54, 1.807) is 0 Å². The fourth-order valence-electron chi connectivity index (χ4n) is 1.02. The first-order chi connectivity index (χ1) is 6.22. The van der Waals surface area contributed by atoms with Gasteiger partial charge in [0, 0.05) is 19.4 Å². The number of hydrogen-bond acceptors (Lipinski definition) is 4. The molecule has 0 aliphatic carbocycles. The zero-order valence-electron chi connectivity index (χ0n) is 8.25. The lowest BCUT2D eigenvalue weighted by molar-refractivity contribution is 0.409. The third-order valence-corrected chi connectivity index (χ3v) is 1.74. The minimum Gasteiger partial charge on any atom is -0.330 e. The first-order valence-electron chi connectivity index (χ1n) is 4.47. The van der Waals surface area contributed by atoms with Gasteiger partial charge in [0.2, 0.25) is 0 Å². The summed E-state index contributed by atoms with van der Waals surface area (Å²) in [6.45, 7) is 1.59. The van der Waals surface area contributed by atoms with Crippen LogP contribution in [0.25, 0.3) is 0 Å². The van der Waals surface area contributed by atoms with Crippen molar-refractivity contribution in [1.29, 1.82) is 0 Å². The third kappa shape index (κ3) is 3.52. The van der Waals surface area contributed by atoms with Gasteiger partial charge in [0.05, 0.1) is 0 Å². The molecule has 5 heteroatoms. The van der Waals surface area contributed by atoms with Gasteiger partial charge in [-0.1, -0.05) is 0 Å². The Balaban J connectivity index is 2.39. The van der Waals surface area contributed by atoms with Gasteiger partial charge < -0.3 is 10.6 Å². The van der Waals surface area contributed by atoms with Crippen molar-refractivity contribution in [2.45, 2.75) is 12.8 Å². The summed E-state index contributed by atoms with van der Waals surface area (Å²) < 4.78 is 0. The Morgan fingerprint density at radius 2 is 2.15 bits per heavy atom. The van der Waals surface area contributed by atoms with Crippen molar-refractivity contribution in [2.24, 2.45) is 5.73 Å². The van der Waals surface area contributed by atoms with Gasteiger partial charge >= 0.3 is 0 Å². The van der Waals surface area contributed by atoms with Gasteiger partial charge in [0.15, 0.2) is 5.82 Å². The maximum Gasteiger partial charge on any atom is 0.151 e. The quantitative estimate of drug-likeness (QED) is 0.640. The monoisotopic (exact) mass is 183 g/mol. The molecule has 1 aromatic rings. The second kappa shape index (κ2) is 4.94. The molecule has 0 saturated carbocycles. The van der Waals surface area contributed by atoms with Gasteiger partial charge in [-0.25, -0.2) is 4.98 Å². The maximum atomic E-state index is 5.40. The van der Waals surface area contributed by atoms with Crippen LogP contribution in [0.4, 0.5) is 0 Å². The van der Waals surface area contributed by atoms with Crippen LogP contribution >= 0.6 is 0 Å². The highest BCUT2D eigenvalue weighted by molar-refractivity contribution is 4.91. The van der Waals surface area contributed by atoms with E-state index in [4.69, 9.17) is 5.73 Å². The van der Waals surface area contributed by atoms with E-state index in [1.807, 2.05) is 14.1 Å². The maximum absolute atomic E-state index is 5.40. The van der Waals surface area contributed by atoms with Crippen molar-refractivity contribution < 1.29 is 0 Å². The number of hydrogen-bond donors (Lipinski definition) is 2. The smallest absolute Gasteiger partial charge is 0.151 e. The predicted octanol–water partition coefficient (Wildman–Crippen LogP) is -0.590. The number of nitrogens with two attached hydrogens (primary N) is 1. The minimum absolute atomic E-state index is 0.613. The molecule has 0 amide bonds. The lowest BCUT2D eigenvalue weighted by Crippen LogP contribution is -2.15. The zero-order valence-corrected chi connectivity index (χ0v) is 8.25. The molecule has 0 radical (unpaired) electrons. The SMILES string of the molecule is CN(C)CCc1n[nH]c(CCN)n1. The van der Waals surface area contributed by atoms with Crippen LogP contribution in [0.3, 0.4) is 0 Å². The second-order valence-corrected chi connectivity index (χ2v) is 3.29. The summed E-state index contributed by atoms with van der Waals surface area (Å²) >= 11 is 0. The first-order valence-corrected chi connectivity index (χ1v) is 4.47. The summed E-state index contributed by atoms with van der Waals surface area (Å²) in [7, 11) is 4.07. The molecule has 0 fully saturated rings. The molecule has 13 heavy (non-hydrogen) atoms. The Labute approximate surface area is 78.3 Å². The van der Waals surface area contributed by atoms with Crippen molar-refractivity contribution in [2.75, 3.05) is 27.2 Å². The molecule has 0 unspecified atom stereocenters. The molecule has 0 aromatic carbocycles. The third-order valence-electron chi connectivity index (χ3n) is 1.74. The molecule has 0 bridgehead atoms. The number of aromatic amines is 1. The first kappa shape index (κ1) is 10.1. The lowest BCUT2D eigenvalue weighted by atomic mass is 10.4. The normalized spacial score (nSPS) is 11.1. The number of nitrogens with zero attached hydrogens (tertiary/aromatic N) is 3. The molecule has 74 valence electrons. The lowest BCUT2D eigenvalue weighted by Gasteiger charge is -2.05. The number of likely N-dealkylation sites (N-methyl/N-ethyl adjacent to an activating group) is 1. The van der Waals surface area contributed by atoms with Crippen LogP contribution in [0.5, 0.6) is 0 Å². The zero-order chi connectivity index (χ0) is 9.68. The molecule has 0 spiro atoms. The minimum atomic E-state index is 0.613. The number of rotatable bonds is 5. The van der Waals surface area contributed by atoms with E-state index in [2.05, 4.69) is 20.1 Å². The standard InChI is InChI=1S/C8H17N5/c1-13(2)6-4-8-10-7(3-5-9)11-12-8/h3-6,9H2,1-2H3,(H,10,11,12). The van der Waals surface area contributed by atoms with E-state index in [-0.39, 0.29) is 0 Å². The summed E-state index contributed by atoms with van der Waals surface area (Å²) in [5, 5.41) is 6.96. The van der Waals surface area contributed by atoms with Crippen molar-refractivity contribution in [3.8, 4) is 0 Å². The van der Waals surface area contributed by atoms with Gasteiger partial charge in [-0.05, 0) is 20.6 Å². The molecular formula is C8H17N5. The van der Waals surface area contributed by atoms with Gasteiger partial charge in [0.1, 0.15) is 5.82 Å². The molecular weight excluding hydrogens is 166 g/mol. The molecule has 0 saturated heterocycles. The molecule has 0 aliphatic heterocycles. The Morgan fingerprint density at radius 1 is 1.38 bits per heavy atom.